The maximum absolute atomic E-state index is 12.5. The van der Waals surface area contributed by atoms with Gasteiger partial charge in [0.15, 0.2) is 0 Å². The van der Waals surface area contributed by atoms with Crippen LogP contribution in [-0.2, 0) is 4.79 Å². The van der Waals surface area contributed by atoms with E-state index in [1.165, 1.54) is 13.0 Å². The number of aromatic nitrogens is 1. The summed E-state index contributed by atoms with van der Waals surface area (Å²) in [7, 11) is 0. The van der Waals surface area contributed by atoms with Gasteiger partial charge >= 0.3 is 5.97 Å². The Morgan fingerprint density at radius 3 is 2.59 bits per heavy atom. The van der Waals surface area contributed by atoms with Crippen molar-refractivity contribution in [2.75, 3.05) is 0 Å². The molecule has 1 aromatic rings. The fourth-order valence-electron chi connectivity index (χ4n) is 1.13. The molecule has 0 aliphatic carbocycles. The normalized spacial score (nSPS) is 13.8. The standard InChI is InChI=1S/C11H13FN2O3/c1-3-11(2,10(16)17)14-9(15)7-4-5-8(12)13-6-7/h4-6H,3H2,1-2H3,(H,14,15)(H,16,17). The minimum absolute atomic E-state index is 0.118. The molecule has 92 valence electrons. The van der Waals surface area contributed by atoms with Gasteiger partial charge in [0.2, 0.25) is 5.95 Å². The van der Waals surface area contributed by atoms with E-state index in [0.29, 0.717) is 0 Å². The number of amides is 1. The summed E-state index contributed by atoms with van der Waals surface area (Å²) < 4.78 is 12.5. The van der Waals surface area contributed by atoms with Crippen molar-refractivity contribution in [1.29, 1.82) is 0 Å². The molecular weight excluding hydrogens is 227 g/mol. The average molecular weight is 240 g/mol. The van der Waals surface area contributed by atoms with E-state index in [-0.39, 0.29) is 12.0 Å². The number of nitrogens with zero attached hydrogens (tertiary/aromatic N) is 1. The van der Waals surface area contributed by atoms with E-state index < -0.39 is 23.4 Å². The fourth-order valence-corrected chi connectivity index (χ4v) is 1.13. The third kappa shape index (κ3) is 2.99. The third-order valence-corrected chi connectivity index (χ3v) is 2.56. The van der Waals surface area contributed by atoms with Gasteiger partial charge in [0.1, 0.15) is 5.54 Å². The molecule has 5 nitrogen and oxygen atoms in total. The van der Waals surface area contributed by atoms with Gasteiger partial charge in [-0.2, -0.15) is 4.39 Å². The summed E-state index contributed by atoms with van der Waals surface area (Å²) >= 11 is 0. The van der Waals surface area contributed by atoms with Gasteiger partial charge in [-0.3, -0.25) is 4.79 Å². The number of carbonyl (C=O) groups excluding carboxylic acids is 1. The second kappa shape index (κ2) is 4.90. The van der Waals surface area contributed by atoms with Crippen LogP contribution >= 0.6 is 0 Å². The summed E-state index contributed by atoms with van der Waals surface area (Å²) in [5.41, 5.74) is -1.22. The Balaban J connectivity index is 2.85. The van der Waals surface area contributed by atoms with E-state index in [0.717, 1.165) is 12.3 Å². The van der Waals surface area contributed by atoms with Crippen LogP contribution in [0.1, 0.15) is 30.6 Å². The Hall–Kier alpha value is -1.98. The maximum Gasteiger partial charge on any atom is 0.329 e. The SMILES string of the molecule is CCC(C)(NC(=O)c1ccc(F)nc1)C(=O)O. The first-order valence-electron chi connectivity index (χ1n) is 5.06. The number of nitrogens with one attached hydrogen (secondary N) is 1. The average Bonchev–Trinajstić information content (AvgIpc) is 2.29. The number of hydrogen-bond donors (Lipinski definition) is 2. The molecule has 0 radical (unpaired) electrons. The van der Waals surface area contributed by atoms with Gasteiger partial charge in [-0.15, -0.1) is 0 Å². The first-order chi connectivity index (χ1) is 7.89. The molecule has 1 rings (SSSR count). The molecule has 0 saturated heterocycles. The topological polar surface area (TPSA) is 79.3 Å². The van der Waals surface area contributed by atoms with Gasteiger partial charge in [0.05, 0.1) is 5.56 Å². The van der Waals surface area contributed by atoms with Crippen molar-refractivity contribution in [3.8, 4) is 0 Å². The molecular formula is C11H13FN2O3. The van der Waals surface area contributed by atoms with Crippen molar-refractivity contribution in [3.05, 3.63) is 29.8 Å². The lowest BCUT2D eigenvalue weighted by molar-refractivity contribution is -0.143. The Labute approximate surface area is 97.7 Å². The van der Waals surface area contributed by atoms with Crippen LogP contribution in [0.15, 0.2) is 18.3 Å². The number of hydrogen-bond acceptors (Lipinski definition) is 3. The molecule has 0 aliphatic rings. The Morgan fingerprint density at radius 1 is 1.53 bits per heavy atom. The van der Waals surface area contributed by atoms with E-state index in [4.69, 9.17) is 5.11 Å². The van der Waals surface area contributed by atoms with Crippen LogP contribution < -0.4 is 5.32 Å². The number of carboxylic acid groups (broad SMARTS) is 1. The van der Waals surface area contributed by atoms with Crippen molar-refractivity contribution < 1.29 is 19.1 Å². The molecule has 1 heterocycles. The van der Waals surface area contributed by atoms with Crippen LogP contribution in [0.3, 0.4) is 0 Å². The van der Waals surface area contributed by atoms with Crippen molar-refractivity contribution in [3.63, 3.8) is 0 Å². The molecule has 17 heavy (non-hydrogen) atoms. The molecule has 1 atom stereocenters. The Kier molecular flexibility index (Phi) is 3.77. The molecule has 0 spiro atoms. The van der Waals surface area contributed by atoms with E-state index in [1.807, 2.05) is 0 Å². The second-order valence-corrected chi connectivity index (χ2v) is 3.81. The molecule has 2 N–H and O–H groups in total. The number of pyridine rings is 1. The Morgan fingerprint density at radius 2 is 2.18 bits per heavy atom. The minimum Gasteiger partial charge on any atom is -0.480 e. The van der Waals surface area contributed by atoms with Crippen LogP contribution in [0, 0.1) is 5.95 Å². The van der Waals surface area contributed by atoms with E-state index in [1.54, 1.807) is 6.92 Å². The highest BCUT2D eigenvalue weighted by molar-refractivity contribution is 5.97. The summed E-state index contributed by atoms with van der Waals surface area (Å²) in [4.78, 5) is 26.0. The number of carbonyl (C=O) groups is 2. The highest BCUT2D eigenvalue weighted by Gasteiger charge is 2.33. The first-order valence-corrected chi connectivity index (χ1v) is 5.06. The van der Waals surface area contributed by atoms with Crippen molar-refractivity contribution >= 4 is 11.9 Å². The summed E-state index contributed by atoms with van der Waals surface area (Å²) in [5, 5.41) is 11.4. The fraction of sp³-hybridized carbons (Fsp3) is 0.364. The van der Waals surface area contributed by atoms with Crippen LogP contribution in [0.25, 0.3) is 0 Å². The van der Waals surface area contributed by atoms with Crippen LogP contribution in [0.4, 0.5) is 4.39 Å². The van der Waals surface area contributed by atoms with E-state index in [2.05, 4.69) is 10.3 Å². The van der Waals surface area contributed by atoms with Crippen LogP contribution in [0.5, 0.6) is 0 Å². The van der Waals surface area contributed by atoms with Gasteiger partial charge in [0.25, 0.3) is 5.91 Å². The summed E-state index contributed by atoms with van der Waals surface area (Å²) in [5.74, 6) is -2.41. The zero-order valence-electron chi connectivity index (χ0n) is 9.53. The molecule has 1 unspecified atom stereocenters. The maximum atomic E-state index is 12.5. The Bertz CT molecular complexity index is 433. The monoisotopic (exact) mass is 240 g/mol. The van der Waals surface area contributed by atoms with E-state index in [9.17, 15) is 14.0 Å². The van der Waals surface area contributed by atoms with Gasteiger partial charge in [-0.1, -0.05) is 6.92 Å². The lowest BCUT2D eigenvalue weighted by Crippen LogP contribution is -2.51. The zero-order chi connectivity index (χ0) is 13.1. The predicted octanol–water partition coefficient (Wildman–Crippen LogP) is 1.20. The number of aliphatic carboxylic acids is 1. The van der Waals surface area contributed by atoms with Crippen molar-refractivity contribution in [1.82, 2.24) is 10.3 Å². The molecule has 6 heteroatoms. The molecule has 0 bridgehead atoms. The van der Waals surface area contributed by atoms with Gasteiger partial charge in [-0.25, -0.2) is 9.78 Å². The smallest absolute Gasteiger partial charge is 0.329 e. The molecule has 0 saturated carbocycles. The lowest BCUT2D eigenvalue weighted by Gasteiger charge is -2.24. The summed E-state index contributed by atoms with van der Waals surface area (Å²) in [6, 6.07) is 2.29. The molecule has 0 aromatic carbocycles. The molecule has 0 aliphatic heterocycles. The summed E-state index contributed by atoms with van der Waals surface area (Å²) in [6.45, 7) is 3.06. The molecule has 1 aromatic heterocycles. The summed E-state index contributed by atoms with van der Waals surface area (Å²) in [6.07, 6.45) is 1.30. The van der Waals surface area contributed by atoms with Gasteiger partial charge in [-0.05, 0) is 25.5 Å². The van der Waals surface area contributed by atoms with Gasteiger partial charge in [0, 0.05) is 6.20 Å². The van der Waals surface area contributed by atoms with Crippen molar-refractivity contribution in [2.24, 2.45) is 0 Å². The van der Waals surface area contributed by atoms with Crippen LogP contribution in [-0.4, -0.2) is 27.5 Å². The van der Waals surface area contributed by atoms with Crippen LogP contribution in [0.2, 0.25) is 0 Å². The van der Waals surface area contributed by atoms with Gasteiger partial charge < -0.3 is 10.4 Å². The molecule has 1 amide bonds. The van der Waals surface area contributed by atoms with Crippen molar-refractivity contribution in [2.45, 2.75) is 25.8 Å². The lowest BCUT2D eigenvalue weighted by atomic mass is 9.99. The largest absolute Gasteiger partial charge is 0.480 e. The molecule has 0 fully saturated rings. The highest BCUT2D eigenvalue weighted by atomic mass is 19.1. The number of halogens is 1. The predicted molar refractivity (Wildman–Crippen MR) is 58.0 cm³/mol. The number of carboxylic acids is 1. The second-order valence-electron chi connectivity index (χ2n) is 3.81. The quantitative estimate of drug-likeness (QED) is 0.775. The van der Waals surface area contributed by atoms with E-state index >= 15 is 0 Å². The first kappa shape index (κ1) is 13.1. The minimum atomic E-state index is -1.34. The number of rotatable bonds is 4. The zero-order valence-corrected chi connectivity index (χ0v) is 9.53. The third-order valence-electron chi connectivity index (χ3n) is 2.56. The highest BCUT2D eigenvalue weighted by Crippen LogP contribution is 2.11.